The van der Waals surface area contributed by atoms with Crippen LogP contribution in [0.3, 0.4) is 0 Å². The fourth-order valence-corrected chi connectivity index (χ4v) is 1.73. The number of hydrogen-bond acceptors (Lipinski definition) is 3. The third-order valence-electron chi connectivity index (χ3n) is 1.86. The zero-order valence-corrected chi connectivity index (χ0v) is 8.89. The molecule has 0 rings (SSSR count). The number of hydrogen-bond donors (Lipinski definition) is 2. The van der Waals surface area contributed by atoms with Gasteiger partial charge in [0.25, 0.3) is 0 Å². The minimum Gasteiger partial charge on any atom is -0.368 e. The molecule has 0 aliphatic carbocycles. The number of primary amides is 1. The van der Waals surface area contributed by atoms with Crippen LogP contribution in [0.5, 0.6) is 0 Å². The molecular weight excluding hydrogens is 192 g/mol. The van der Waals surface area contributed by atoms with Gasteiger partial charge >= 0.3 is 0 Å². The molecule has 0 heterocycles. The zero-order valence-electron chi connectivity index (χ0n) is 8.07. The number of sulfonamides is 1. The average Bonchev–Trinajstić information content (AvgIpc) is 1.96. The first-order chi connectivity index (χ1) is 5.78. The van der Waals surface area contributed by atoms with E-state index in [1.54, 1.807) is 6.92 Å². The Balaban J connectivity index is 4.54. The van der Waals surface area contributed by atoms with E-state index in [9.17, 15) is 13.2 Å². The molecule has 0 bridgehead atoms. The Morgan fingerprint density at radius 2 is 2.00 bits per heavy atom. The number of nitrogens with one attached hydrogen (secondary N) is 1. The summed E-state index contributed by atoms with van der Waals surface area (Å²) in [6.07, 6.45) is 1.70. The highest BCUT2D eigenvalue weighted by atomic mass is 32.2. The normalized spacial score (nSPS) is 16.5. The Morgan fingerprint density at radius 3 is 2.23 bits per heavy atom. The van der Waals surface area contributed by atoms with Gasteiger partial charge in [-0.05, 0) is 5.92 Å². The first-order valence-electron chi connectivity index (χ1n) is 4.04. The molecule has 5 nitrogen and oxygen atoms in total. The van der Waals surface area contributed by atoms with Gasteiger partial charge in [0, 0.05) is 0 Å². The van der Waals surface area contributed by atoms with Gasteiger partial charge in [-0.2, -0.15) is 0 Å². The third-order valence-corrected chi connectivity index (χ3v) is 2.54. The van der Waals surface area contributed by atoms with E-state index in [1.807, 2.05) is 6.92 Å². The number of rotatable bonds is 5. The van der Waals surface area contributed by atoms with E-state index in [4.69, 9.17) is 5.73 Å². The van der Waals surface area contributed by atoms with Gasteiger partial charge in [0.2, 0.25) is 15.9 Å². The van der Waals surface area contributed by atoms with Crippen LogP contribution in [-0.4, -0.2) is 26.6 Å². The number of carbonyl (C=O) groups is 1. The second-order valence-corrected chi connectivity index (χ2v) is 4.94. The Bertz CT molecular complexity index is 273. The first-order valence-corrected chi connectivity index (χ1v) is 5.93. The highest BCUT2D eigenvalue weighted by molar-refractivity contribution is 7.88. The number of amides is 1. The maximum Gasteiger partial charge on any atom is 0.235 e. The summed E-state index contributed by atoms with van der Waals surface area (Å²) in [5, 5.41) is 0. The molecule has 1 amide bonds. The molecule has 0 aliphatic heterocycles. The second kappa shape index (κ2) is 4.57. The van der Waals surface area contributed by atoms with Crippen LogP contribution in [0, 0.1) is 5.92 Å². The van der Waals surface area contributed by atoms with Gasteiger partial charge in [-0.3, -0.25) is 4.79 Å². The smallest absolute Gasteiger partial charge is 0.235 e. The predicted molar refractivity (Wildman–Crippen MR) is 50.4 cm³/mol. The standard InChI is InChI=1S/C7H16N2O3S/c1-4-5(2)6(7(8)10)9-13(3,11)12/h5-6,9H,4H2,1-3H3,(H2,8,10)/t5-,6-/m0/s1. The molecule has 0 aliphatic rings. The highest BCUT2D eigenvalue weighted by Gasteiger charge is 2.24. The minimum absolute atomic E-state index is 0.0905. The molecule has 2 atom stereocenters. The van der Waals surface area contributed by atoms with Crippen molar-refractivity contribution in [2.75, 3.05) is 6.26 Å². The van der Waals surface area contributed by atoms with E-state index < -0.39 is 22.0 Å². The van der Waals surface area contributed by atoms with E-state index in [0.717, 1.165) is 6.26 Å². The average molecular weight is 208 g/mol. The molecule has 0 aromatic rings. The number of carbonyl (C=O) groups excluding carboxylic acids is 1. The molecule has 0 aromatic carbocycles. The summed E-state index contributed by atoms with van der Waals surface area (Å²) in [5.74, 6) is -0.730. The molecule has 0 fully saturated rings. The molecule has 78 valence electrons. The molecule has 13 heavy (non-hydrogen) atoms. The molecular formula is C7H16N2O3S. The fourth-order valence-electron chi connectivity index (χ4n) is 0.921. The van der Waals surface area contributed by atoms with E-state index >= 15 is 0 Å². The van der Waals surface area contributed by atoms with Crippen molar-refractivity contribution in [2.45, 2.75) is 26.3 Å². The summed E-state index contributed by atoms with van der Waals surface area (Å²) < 4.78 is 23.9. The molecule has 0 spiro atoms. The van der Waals surface area contributed by atoms with Gasteiger partial charge in [-0.15, -0.1) is 0 Å². The SMILES string of the molecule is CC[C@H](C)[C@H](NS(C)(=O)=O)C(N)=O. The van der Waals surface area contributed by atoms with Gasteiger partial charge in [0.1, 0.15) is 6.04 Å². The van der Waals surface area contributed by atoms with Gasteiger partial charge < -0.3 is 5.73 Å². The number of nitrogens with two attached hydrogens (primary N) is 1. The van der Waals surface area contributed by atoms with Crippen molar-refractivity contribution >= 4 is 15.9 Å². The van der Waals surface area contributed by atoms with Gasteiger partial charge in [-0.1, -0.05) is 20.3 Å². The van der Waals surface area contributed by atoms with E-state index in [1.165, 1.54) is 0 Å². The lowest BCUT2D eigenvalue weighted by Gasteiger charge is -2.19. The Morgan fingerprint density at radius 1 is 1.54 bits per heavy atom. The van der Waals surface area contributed by atoms with Crippen LogP contribution in [0.4, 0.5) is 0 Å². The molecule has 0 radical (unpaired) electrons. The quantitative estimate of drug-likeness (QED) is 0.634. The summed E-state index contributed by atoms with van der Waals surface area (Å²) in [6.45, 7) is 3.64. The molecule has 3 N–H and O–H groups in total. The second-order valence-electron chi connectivity index (χ2n) is 3.16. The molecule has 0 saturated heterocycles. The first kappa shape index (κ1) is 12.4. The summed E-state index contributed by atoms with van der Waals surface area (Å²) in [5.41, 5.74) is 5.05. The van der Waals surface area contributed by atoms with Crippen LogP contribution in [0.1, 0.15) is 20.3 Å². The predicted octanol–water partition coefficient (Wildman–Crippen LogP) is -0.564. The largest absolute Gasteiger partial charge is 0.368 e. The lowest BCUT2D eigenvalue weighted by Crippen LogP contribution is -2.47. The van der Waals surface area contributed by atoms with Gasteiger partial charge in [0.15, 0.2) is 0 Å². The van der Waals surface area contributed by atoms with Crippen LogP contribution in [0.2, 0.25) is 0 Å². The van der Waals surface area contributed by atoms with E-state index in [-0.39, 0.29) is 5.92 Å². The molecule has 0 aromatic heterocycles. The van der Waals surface area contributed by atoms with Crippen molar-refractivity contribution in [1.82, 2.24) is 4.72 Å². The summed E-state index contributed by atoms with van der Waals surface area (Å²) in [4.78, 5) is 10.9. The van der Waals surface area contributed by atoms with Crippen LogP contribution >= 0.6 is 0 Å². The Kier molecular flexibility index (Phi) is 4.35. The monoisotopic (exact) mass is 208 g/mol. The third kappa shape index (κ3) is 4.84. The van der Waals surface area contributed by atoms with Crippen molar-refractivity contribution in [3.05, 3.63) is 0 Å². The van der Waals surface area contributed by atoms with Crippen LogP contribution in [0.15, 0.2) is 0 Å². The van der Waals surface area contributed by atoms with Crippen LogP contribution in [0.25, 0.3) is 0 Å². The van der Waals surface area contributed by atoms with Gasteiger partial charge in [-0.25, -0.2) is 13.1 Å². The fraction of sp³-hybridized carbons (Fsp3) is 0.857. The van der Waals surface area contributed by atoms with E-state index in [2.05, 4.69) is 4.72 Å². The van der Waals surface area contributed by atoms with Crippen molar-refractivity contribution in [3.8, 4) is 0 Å². The lowest BCUT2D eigenvalue weighted by atomic mass is 10.00. The van der Waals surface area contributed by atoms with E-state index in [0.29, 0.717) is 6.42 Å². The zero-order chi connectivity index (χ0) is 10.6. The van der Waals surface area contributed by atoms with Gasteiger partial charge in [0.05, 0.1) is 6.26 Å². The summed E-state index contributed by atoms with van der Waals surface area (Å²) in [7, 11) is -3.37. The van der Waals surface area contributed by atoms with Crippen molar-refractivity contribution < 1.29 is 13.2 Å². The molecule has 0 saturated carbocycles. The lowest BCUT2D eigenvalue weighted by molar-refractivity contribution is -0.120. The molecule has 6 heteroatoms. The van der Waals surface area contributed by atoms with Crippen LogP contribution < -0.4 is 10.5 Å². The Labute approximate surface area is 78.7 Å². The maximum atomic E-state index is 10.9. The molecule has 0 unspecified atom stereocenters. The van der Waals surface area contributed by atoms with Crippen molar-refractivity contribution in [2.24, 2.45) is 11.7 Å². The summed E-state index contributed by atoms with van der Waals surface area (Å²) in [6, 6.07) is -0.806. The highest BCUT2D eigenvalue weighted by Crippen LogP contribution is 2.07. The van der Waals surface area contributed by atoms with Crippen LogP contribution in [-0.2, 0) is 14.8 Å². The Hall–Kier alpha value is -0.620. The minimum atomic E-state index is -3.37. The topological polar surface area (TPSA) is 89.3 Å². The van der Waals surface area contributed by atoms with Crippen molar-refractivity contribution in [3.63, 3.8) is 0 Å². The van der Waals surface area contributed by atoms with Crippen molar-refractivity contribution in [1.29, 1.82) is 0 Å². The summed E-state index contributed by atoms with van der Waals surface area (Å²) >= 11 is 0. The maximum absolute atomic E-state index is 10.9.